The van der Waals surface area contributed by atoms with Crippen LogP contribution in [0.25, 0.3) is 5.69 Å². The van der Waals surface area contributed by atoms with E-state index < -0.39 is 16.3 Å². The van der Waals surface area contributed by atoms with Crippen LogP contribution in [0.3, 0.4) is 0 Å². The molecule has 0 radical (unpaired) electrons. The normalized spacial score (nSPS) is 18.8. The molecule has 43 heavy (non-hydrogen) atoms. The SMILES string of the molecule is O=S(=O)(Nc1ccc(C2OC(CSc3nnnn3-c3ccccc3)CC(c3ccc(CO)cc3)O2)cc1)c1ccccc1. The summed E-state index contributed by atoms with van der Waals surface area (Å²) >= 11 is 1.50. The summed E-state index contributed by atoms with van der Waals surface area (Å²) in [4.78, 5) is 0.187. The molecule has 4 aromatic carbocycles. The minimum atomic E-state index is -3.71. The molecule has 1 aromatic heterocycles. The largest absolute Gasteiger partial charge is 0.392 e. The van der Waals surface area contributed by atoms with E-state index in [1.54, 1.807) is 59.3 Å². The van der Waals surface area contributed by atoms with Crippen LogP contribution in [0.15, 0.2) is 119 Å². The Bertz CT molecular complexity index is 1740. The number of aliphatic hydroxyl groups is 1. The first-order valence-electron chi connectivity index (χ1n) is 13.6. The Morgan fingerprint density at radius 2 is 1.53 bits per heavy atom. The second kappa shape index (κ2) is 13.1. The number of hydrogen-bond acceptors (Lipinski definition) is 9. The lowest BCUT2D eigenvalue weighted by Gasteiger charge is -2.36. The number of thioether (sulfide) groups is 1. The summed E-state index contributed by atoms with van der Waals surface area (Å²) in [5, 5.41) is 22.3. The van der Waals surface area contributed by atoms with E-state index >= 15 is 0 Å². The fourth-order valence-corrected chi connectivity index (χ4v) is 6.70. The van der Waals surface area contributed by atoms with Gasteiger partial charge in [-0.05, 0) is 58.0 Å². The fourth-order valence-electron chi connectivity index (χ4n) is 4.71. The predicted octanol–water partition coefficient (Wildman–Crippen LogP) is 5.29. The summed E-state index contributed by atoms with van der Waals surface area (Å²) < 4.78 is 42.7. The highest BCUT2D eigenvalue weighted by molar-refractivity contribution is 7.99. The molecule has 12 heteroatoms. The number of anilines is 1. The van der Waals surface area contributed by atoms with Crippen molar-refractivity contribution in [3.05, 3.63) is 126 Å². The number of nitrogens with zero attached hydrogens (tertiary/aromatic N) is 4. The number of aromatic nitrogens is 4. The van der Waals surface area contributed by atoms with Crippen molar-refractivity contribution in [1.29, 1.82) is 0 Å². The van der Waals surface area contributed by atoms with Crippen LogP contribution in [-0.2, 0) is 26.1 Å². The van der Waals surface area contributed by atoms with Gasteiger partial charge in [0.15, 0.2) is 6.29 Å². The smallest absolute Gasteiger partial charge is 0.261 e. The van der Waals surface area contributed by atoms with E-state index in [1.165, 1.54) is 11.8 Å². The van der Waals surface area contributed by atoms with Crippen LogP contribution in [0.2, 0.25) is 0 Å². The molecule has 1 fully saturated rings. The topological polar surface area (TPSA) is 128 Å². The Hall–Kier alpha value is -4.07. The van der Waals surface area contributed by atoms with Crippen molar-refractivity contribution in [2.45, 2.75) is 41.6 Å². The maximum absolute atomic E-state index is 12.8. The zero-order valence-corrected chi connectivity index (χ0v) is 24.6. The molecular weight excluding hydrogens is 587 g/mol. The van der Waals surface area contributed by atoms with Gasteiger partial charge in [0.05, 0.1) is 29.4 Å². The molecule has 0 bridgehead atoms. The first-order valence-corrected chi connectivity index (χ1v) is 16.1. The quantitative estimate of drug-likeness (QED) is 0.201. The average Bonchev–Trinajstić information content (AvgIpc) is 3.53. The van der Waals surface area contributed by atoms with Crippen molar-refractivity contribution in [1.82, 2.24) is 20.2 Å². The third-order valence-corrected chi connectivity index (χ3v) is 9.39. The van der Waals surface area contributed by atoms with Crippen LogP contribution in [0, 0.1) is 0 Å². The lowest BCUT2D eigenvalue weighted by atomic mass is 10.0. The number of para-hydroxylation sites is 1. The molecule has 1 aliphatic rings. The molecule has 2 heterocycles. The molecule has 0 aliphatic carbocycles. The van der Waals surface area contributed by atoms with Crippen molar-refractivity contribution < 1.29 is 23.0 Å². The molecule has 0 spiro atoms. The van der Waals surface area contributed by atoms with Gasteiger partial charge in [0.25, 0.3) is 10.0 Å². The number of hydrogen-bond donors (Lipinski definition) is 2. The number of aliphatic hydroxyl groups excluding tert-OH is 1. The number of ether oxygens (including phenoxy) is 2. The van der Waals surface area contributed by atoms with Gasteiger partial charge in [0.1, 0.15) is 0 Å². The maximum atomic E-state index is 12.8. The van der Waals surface area contributed by atoms with Crippen LogP contribution >= 0.6 is 11.8 Å². The van der Waals surface area contributed by atoms with Crippen molar-refractivity contribution in [2.75, 3.05) is 10.5 Å². The molecule has 0 saturated carbocycles. The molecular formula is C31H29N5O5S2. The Morgan fingerprint density at radius 3 is 2.23 bits per heavy atom. The van der Waals surface area contributed by atoms with Crippen LogP contribution in [-0.4, -0.2) is 45.6 Å². The Labute approximate surface area is 253 Å². The lowest BCUT2D eigenvalue weighted by Crippen LogP contribution is -2.31. The third-order valence-electron chi connectivity index (χ3n) is 6.94. The second-order valence-electron chi connectivity index (χ2n) is 9.91. The van der Waals surface area contributed by atoms with E-state index in [0.717, 1.165) is 22.4 Å². The first-order chi connectivity index (χ1) is 21.0. The van der Waals surface area contributed by atoms with E-state index in [4.69, 9.17) is 9.47 Å². The van der Waals surface area contributed by atoms with Crippen LogP contribution in [0.4, 0.5) is 5.69 Å². The van der Waals surface area contributed by atoms with Crippen LogP contribution in [0.5, 0.6) is 0 Å². The highest BCUT2D eigenvalue weighted by atomic mass is 32.2. The summed E-state index contributed by atoms with van der Waals surface area (Å²) in [5.74, 6) is 0.577. The fraction of sp³-hybridized carbons (Fsp3) is 0.194. The third kappa shape index (κ3) is 6.95. The molecule has 2 N–H and O–H groups in total. The Kier molecular flexibility index (Phi) is 8.82. The van der Waals surface area contributed by atoms with Gasteiger partial charge in [-0.2, -0.15) is 4.68 Å². The average molecular weight is 616 g/mol. The summed E-state index contributed by atoms with van der Waals surface area (Å²) in [5.41, 5.74) is 3.84. The van der Waals surface area contributed by atoms with Gasteiger partial charge < -0.3 is 14.6 Å². The number of nitrogens with one attached hydrogen (secondary N) is 1. The van der Waals surface area contributed by atoms with E-state index in [-0.39, 0.29) is 23.7 Å². The van der Waals surface area contributed by atoms with Gasteiger partial charge in [0, 0.05) is 23.4 Å². The number of benzene rings is 4. The van der Waals surface area contributed by atoms with Gasteiger partial charge >= 0.3 is 0 Å². The Morgan fingerprint density at radius 1 is 0.860 bits per heavy atom. The molecule has 0 amide bonds. The number of rotatable bonds is 10. The molecule has 10 nitrogen and oxygen atoms in total. The number of tetrazole rings is 1. The predicted molar refractivity (Wildman–Crippen MR) is 162 cm³/mol. The molecule has 3 unspecified atom stereocenters. The van der Waals surface area contributed by atoms with Crippen molar-refractivity contribution in [3.8, 4) is 5.69 Å². The summed E-state index contributed by atoms with van der Waals surface area (Å²) in [6.07, 6.45) is -0.558. The van der Waals surface area contributed by atoms with Gasteiger partial charge in [-0.15, -0.1) is 5.10 Å². The second-order valence-corrected chi connectivity index (χ2v) is 12.6. The van der Waals surface area contributed by atoms with Crippen LogP contribution in [0.1, 0.15) is 35.5 Å². The Balaban J connectivity index is 1.20. The number of sulfonamides is 1. The van der Waals surface area contributed by atoms with E-state index in [9.17, 15) is 13.5 Å². The molecule has 3 atom stereocenters. The highest BCUT2D eigenvalue weighted by Gasteiger charge is 2.32. The van der Waals surface area contributed by atoms with Gasteiger partial charge in [0.2, 0.25) is 5.16 Å². The molecule has 1 saturated heterocycles. The van der Waals surface area contributed by atoms with Crippen molar-refractivity contribution >= 4 is 27.5 Å². The van der Waals surface area contributed by atoms with E-state index in [2.05, 4.69) is 20.2 Å². The minimum Gasteiger partial charge on any atom is -0.392 e. The van der Waals surface area contributed by atoms with Crippen molar-refractivity contribution in [2.24, 2.45) is 0 Å². The highest BCUT2D eigenvalue weighted by Crippen LogP contribution is 2.39. The zero-order chi connectivity index (χ0) is 29.6. The first kappa shape index (κ1) is 29.0. The summed E-state index contributed by atoms with van der Waals surface area (Å²) in [7, 11) is -3.71. The molecule has 5 aromatic rings. The van der Waals surface area contributed by atoms with Crippen LogP contribution < -0.4 is 4.72 Å². The standard InChI is InChI=1S/C31H29N5O5S2/c37-20-22-11-13-23(14-12-22)29-19-27(21-42-31-32-34-35-36(31)26-7-3-1-4-8-26)40-30(41-29)24-15-17-25(18-16-24)33-43(38,39)28-9-5-2-6-10-28/h1-18,27,29-30,33,37H,19-21H2. The summed E-state index contributed by atoms with van der Waals surface area (Å²) in [6, 6.07) is 32.6. The summed E-state index contributed by atoms with van der Waals surface area (Å²) in [6.45, 7) is -0.0344. The van der Waals surface area contributed by atoms with Crippen molar-refractivity contribution in [3.63, 3.8) is 0 Å². The van der Waals surface area contributed by atoms with Gasteiger partial charge in [-0.1, -0.05) is 84.6 Å². The van der Waals surface area contributed by atoms with Gasteiger partial charge in [-0.25, -0.2) is 8.42 Å². The lowest BCUT2D eigenvalue weighted by molar-refractivity contribution is -0.245. The molecule has 220 valence electrons. The van der Waals surface area contributed by atoms with E-state index in [0.29, 0.717) is 23.0 Å². The van der Waals surface area contributed by atoms with Gasteiger partial charge in [-0.3, -0.25) is 4.72 Å². The minimum absolute atomic E-state index is 0.0344. The zero-order valence-electron chi connectivity index (χ0n) is 22.9. The maximum Gasteiger partial charge on any atom is 0.261 e. The monoisotopic (exact) mass is 615 g/mol. The molecule has 1 aliphatic heterocycles. The van der Waals surface area contributed by atoms with E-state index in [1.807, 2.05) is 54.6 Å². The molecule has 6 rings (SSSR count).